The van der Waals surface area contributed by atoms with Crippen LogP contribution < -0.4 is 5.46 Å². The van der Waals surface area contributed by atoms with Crippen LogP contribution in [0, 0.1) is 0 Å². The molecular formula is C14H22BNO3. The molecule has 19 heavy (non-hydrogen) atoms. The first-order valence-electron chi connectivity index (χ1n) is 7.04. The molecule has 0 N–H and O–H groups in total. The average molecular weight is 263 g/mol. The minimum absolute atomic E-state index is 0.177. The van der Waals surface area contributed by atoms with Gasteiger partial charge < -0.3 is 18.6 Å². The molecule has 104 valence electrons. The highest BCUT2D eigenvalue weighted by molar-refractivity contribution is 6.62. The largest absolute Gasteiger partial charge is 0.496 e. The average Bonchev–Trinajstić information content (AvgIpc) is 3.00. The Hall–Kier alpha value is -0.775. The number of nitrogens with zero attached hydrogens (tertiary/aromatic N) is 1. The molecule has 0 bridgehead atoms. The summed E-state index contributed by atoms with van der Waals surface area (Å²) in [6.45, 7) is 9.15. The first-order valence-corrected chi connectivity index (χ1v) is 7.04. The number of rotatable bonds is 2. The van der Waals surface area contributed by atoms with E-state index in [1.807, 2.05) is 0 Å². The van der Waals surface area contributed by atoms with E-state index in [1.54, 1.807) is 0 Å². The van der Waals surface area contributed by atoms with Crippen molar-refractivity contribution in [1.82, 2.24) is 4.57 Å². The van der Waals surface area contributed by atoms with Crippen molar-refractivity contribution < 1.29 is 14.0 Å². The van der Waals surface area contributed by atoms with Crippen molar-refractivity contribution in [2.24, 2.45) is 0 Å². The van der Waals surface area contributed by atoms with Crippen LogP contribution in [0.3, 0.4) is 0 Å². The zero-order valence-corrected chi connectivity index (χ0v) is 12.2. The van der Waals surface area contributed by atoms with E-state index < -0.39 is 0 Å². The summed E-state index contributed by atoms with van der Waals surface area (Å²) in [5, 5.41) is 0. The van der Waals surface area contributed by atoms with Gasteiger partial charge in [0, 0.05) is 24.5 Å². The van der Waals surface area contributed by atoms with Crippen LogP contribution >= 0.6 is 0 Å². The number of ether oxygens (including phenoxy) is 1. The first kappa shape index (κ1) is 13.2. The van der Waals surface area contributed by atoms with E-state index >= 15 is 0 Å². The molecule has 0 radical (unpaired) electrons. The molecule has 0 aliphatic carbocycles. The summed E-state index contributed by atoms with van der Waals surface area (Å²) in [4.78, 5) is 0. The lowest BCUT2D eigenvalue weighted by Crippen LogP contribution is -2.41. The summed E-state index contributed by atoms with van der Waals surface area (Å²) in [6.07, 6.45) is 6.52. The van der Waals surface area contributed by atoms with E-state index in [0.29, 0.717) is 0 Å². The van der Waals surface area contributed by atoms with Gasteiger partial charge in [0.15, 0.2) is 0 Å². The van der Waals surface area contributed by atoms with Crippen molar-refractivity contribution in [3.05, 3.63) is 18.5 Å². The Bertz CT molecular complexity index is 447. The smallest absolute Gasteiger partial charge is 0.399 e. The molecule has 3 rings (SSSR count). The first-order chi connectivity index (χ1) is 8.89. The maximum absolute atomic E-state index is 6.05. The van der Waals surface area contributed by atoms with Crippen molar-refractivity contribution in [2.45, 2.75) is 58.0 Å². The van der Waals surface area contributed by atoms with Gasteiger partial charge in [0.2, 0.25) is 0 Å². The zero-order chi connectivity index (χ0) is 13.7. The van der Waals surface area contributed by atoms with Crippen LogP contribution in [0.1, 0.15) is 46.8 Å². The standard InChI is InChI=1S/C14H22BNO3/c1-13(2)14(3,4)19-15(18-13)11-7-8-16(10-11)12-6-5-9-17-12/h7-8,10,12H,5-6,9H2,1-4H3. The Labute approximate surface area is 115 Å². The van der Waals surface area contributed by atoms with Crippen LogP contribution in [0.5, 0.6) is 0 Å². The van der Waals surface area contributed by atoms with Crippen molar-refractivity contribution >= 4 is 12.6 Å². The Morgan fingerprint density at radius 1 is 1.21 bits per heavy atom. The summed E-state index contributed by atoms with van der Waals surface area (Å²) < 4.78 is 19.9. The molecule has 0 spiro atoms. The van der Waals surface area contributed by atoms with Crippen LogP contribution in [0.15, 0.2) is 18.5 Å². The maximum atomic E-state index is 6.05. The molecule has 2 aliphatic heterocycles. The molecule has 1 aromatic rings. The molecule has 2 aliphatic rings. The zero-order valence-electron chi connectivity index (χ0n) is 12.2. The summed E-state index contributed by atoms with van der Waals surface area (Å²) in [6, 6.07) is 2.06. The highest BCUT2D eigenvalue weighted by Crippen LogP contribution is 2.36. The van der Waals surface area contributed by atoms with Crippen LogP contribution in [0.25, 0.3) is 0 Å². The van der Waals surface area contributed by atoms with Crippen molar-refractivity contribution in [2.75, 3.05) is 6.61 Å². The maximum Gasteiger partial charge on any atom is 0.496 e. The van der Waals surface area contributed by atoms with E-state index in [4.69, 9.17) is 14.0 Å². The van der Waals surface area contributed by atoms with Gasteiger partial charge in [-0.15, -0.1) is 0 Å². The van der Waals surface area contributed by atoms with Gasteiger partial charge in [0.1, 0.15) is 6.23 Å². The summed E-state index contributed by atoms with van der Waals surface area (Å²) >= 11 is 0. The second-order valence-electron chi connectivity index (χ2n) is 6.45. The highest BCUT2D eigenvalue weighted by Gasteiger charge is 2.51. The van der Waals surface area contributed by atoms with E-state index in [-0.39, 0.29) is 24.5 Å². The molecule has 1 aromatic heterocycles. The van der Waals surface area contributed by atoms with Gasteiger partial charge in [0.05, 0.1) is 11.2 Å². The fourth-order valence-electron chi connectivity index (χ4n) is 2.52. The predicted octanol–water partition coefficient (Wildman–Crippen LogP) is 2.10. The third-order valence-electron chi connectivity index (χ3n) is 4.50. The van der Waals surface area contributed by atoms with Crippen LogP contribution in [0.4, 0.5) is 0 Å². The van der Waals surface area contributed by atoms with E-state index in [0.717, 1.165) is 24.9 Å². The van der Waals surface area contributed by atoms with Crippen molar-refractivity contribution in [1.29, 1.82) is 0 Å². The molecule has 1 atom stereocenters. The van der Waals surface area contributed by atoms with Gasteiger partial charge in [0.25, 0.3) is 0 Å². The van der Waals surface area contributed by atoms with Gasteiger partial charge in [-0.1, -0.05) is 0 Å². The molecule has 3 heterocycles. The molecule has 2 fully saturated rings. The summed E-state index contributed by atoms with van der Waals surface area (Å²) in [5.74, 6) is 0. The minimum atomic E-state index is -0.288. The molecular weight excluding hydrogens is 241 g/mol. The normalized spacial score (nSPS) is 29.1. The molecule has 0 saturated carbocycles. The molecule has 1 unspecified atom stereocenters. The summed E-state index contributed by atoms with van der Waals surface area (Å²) in [5.41, 5.74) is 0.488. The third kappa shape index (κ3) is 2.24. The lowest BCUT2D eigenvalue weighted by atomic mass is 9.81. The molecule has 0 aromatic carbocycles. The van der Waals surface area contributed by atoms with Crippen LogP contribution in [-0.2, 0) is 14.0 Å². The SMILES string of the molecule is CC1(C)OB(c2ccn(C3CCCO3)c2)OC1(C)C. The van der Waals surface area contributed by atoms with Gasteiger partial charge in [-0.3, -0.25) is 0 Å². The van der Waals surface area contributed by atoms with E-state index in [9.17, 15) is 0 Å². The Morgan fingerprint density at radius 3 is 2.47 bits per heavy atom. The monoisotopic (exact) mass is 263 g/mol. The van der Waals surface area contributed by atoms with Crippen molar-refractivity contribution in [3.63, 3.8) is 0 Å². The Balaban J connectivity index is 1.77. The number of aromatic nitrogens is 1. The fraction of sp³-hybridized carbons (Fsp3) is 0.714. The Morgan fingerprint density at radius 2 is 1.89 bits per heavy atom. The topological polar surface area (TPSA) is 32.6 Å². The summed E-state index contributed by atoms with van der Waals surface area (Å²) in [7, 11) is -0.285. The highest BCUT2D eigenvalue weighted by atomic mass is 16.7. The number of hydrogen-bond acceptors (Lipinski definition) is 3. The van der Waals surface area contributed by atoms with E-state index in [1.165, 1.54) is 0 Å². The van der Waals surface area contributed by atoms with E-state index in [2.05, 4.69) is 50.7 Å². The second-order valence-corrected chi connectivity index (χ2v) is 6.45. The van der Waals surface area contributed by atoms with Gasteiger partial charge in [-0.05, 0) is 46.6 Å². The lowest BCUT2D eigenvalue weighted by Gasteiger charge is -2.32. The van der Waals surface area contributed by atoms with Gasteiger partial charge in [-0.2, -0.15) is 0 Å². The Kier molecular flexibility index (Phi) is 3.04. The molecule has 2 saturated heterocycles. The second kappa shape index (κ2) is 4.37. The molecule has 5 heteroatoms. The van der Waals surface area contributed by atoms with Crippen LogP contribution in [0.2, 0.25) is 0 Å². The number of hydrogen-bond donors (Lipinski definition) is 0. The minimum Gasteiger partial charge on any atom is -0.399 e. The lowest BCUT2D eigenvalue weighted by molar-refractivity contribution is 0.00578. The molecule has 0 amide bonds. The van der Waals surface area contributed by atoms with Gasteiger partial charge in [-0.25, -0.2) is 0 Å². The predicted molar refractivity (Wildman–Crippen MR) is 74.4 cm³/mol. The third-order valence-corrected chi connectivity index (χ3v) is 4.50. The van der Waals surface area contributed by atoms with Crippen LogP contribution in [-0.4, -0.2) is 29.5 Å². The van der Waals surface area contributed by atoms with Crippen molar-refractivity contribution in [3.8, 4) is 0 Å². The van der Waals surface area contributed by atoms with Gasteiger partial charge >= 0.3 is 7.12 Å². The fourth-order valence-corrected chi connectivity index (χ4v) is 2.52. The quantitative estimate of drug-likeness (QED) is 0.766. The molecule has 4 nitrogen and oxygen atoms in total.